The van der Waals surface area contributed by atoms with Crippen LogP contribution in [0, 0.1) is 5.92 Å². The summed E-state index contributed by atoms with van der Waals surface area (Å²) < 4.78 is 0. The number of anilines is 3. The molecule has 158 valence electrons. The molecule has 0 unspecified atom stereocenters. The fraction of sp³-hybridized carbons (Fsp3) is 0.273. The maximum atomic E-state index is 12.9. The second kappa shape index (κ2) is 10.5. The molecule has 0 atom stereocenters. The van der Waals surface area contributed by atoms with Crippen molar-refractivity contribution in [3.05, 3.63) is 63.0 Å². The highest BCUT2D eigenvalue weighted by Gasteiger charge is 2.22. The van der Waals surface area contributed by atoms with E-state index in [2.05, 4.69) is 36.3 Å². The average molecular weight is 480 g/mol. The molecule has 0 saturated heterocycles. The summed E-state index contributed by atoms with van der Waals surface area (Å²) >= 11 is 15.4. The number of nitrogen functional groups attached to an aromatic ring is 1. The van der Waals surface area contributed by atoms with Gasteiger partial charge in [-0.05, 0) is 48.4 Å². The van der Waals surface area contributed by atoms with Crippen molar-refractivity contribution >= 4 is 68.7 Å². The summed E-state index contributed by atoms with van der Waals surface area (Å²) in [4.78, 5) is 18.7. The zero-order chi connectivity index (χ0) is 21.7. The topological polar surface area (TPSA) is 68.0 Å². The molecule has 0 fully saturated rings. The second-order valence-electron chi connectivity index (χ2n) is 7.20. The number of thiazole rings is 1. The van der Waals surface area contributed by atoms with E-state index in [1.165, 1.54) is 29.1 Å². The number of hydrogen-bond acceptors (Lipinski definition) is 6. The quantitative estimate of drug-likeness (QED) is 0.188. The van der Waals surface area contributed by atoms with Gasteiger partial charge in [-0.15, -0.1) is 11.8 Å². The van der Waals surface area contributed by atoms with Gasteiger partial charge in [0.25, 0.3) is 0 Å². The van der Waals surface area contributed by atoms with Gasteiger partial charge in [0.2, 0.25) is 5.78 Å². The number of nitrogens with two attached hydrogens (primary N) is 1. The van der Waals surface area contributed by atoms with Crippen molar-refractivity contribution in [1.82, 2.24) is 4.98 Å². The molecule has 30 heavy (non-hydrogen) atoms. The molecular formula is C22H23Cl2N3OS2. The van der Waals surface area contributed by atoms with Crippen molar-refractivity contribution in [2.75, 3.05) is 16.8 Å². The van der Waals surface area contributed by atoms with Crippen LogP contribution in [0.15, 0.2) is 47.4 Å². The number of hydrogen-bond donors (Lipinski definition) is 2. The zero-order valence-corrected chi connectivity index (χ0v) is 19.9. The third-order valence-electron chi connectivity index (χ3n) is 4.33. The normalized spacial score (nSPS) is 11.1. The van der Waals surface area contributed by atoms with Crippen LogP contribution in [0.5, 0.6) is 0 Å². The molecule has 3 N–H and O–H groups in total. The number of aromatic nitrogens is 1. The molecule has 0 bridgehead atoms. The van der Waals surface area contributed by atoms with Crippen LogP contribution in [0.25, 0.3) is 0 Å². The van der Waals surface area contributed by atoms with E-state index in [-0.39, 0.29) is 27.2 Å². The van der Waals surface area contributed by atoms with Crippen molar-refractivity contribution in [3.8, 4) is 0 Å². The van der Waals surface area contributed by atoms with Gasteiger partial charge in [0, 0.05) is 10.6 Å². The molecule has 1 heterocycles. The maximum absolute atomic E-state index is 12.9. The number of benzene rings is 2. The number of carbonyl (C=O) groups excluding carboxylic acids is 1. The first-order valence-corrected chi connectivity index (χ1v) is 12.2. The summed E-state index contributed by atoms with van der Waals surface area (Å²) in [5.41, 5.74) is 7.15. The SMILES string of the molecule is CC(C)CCCSc1cccc(Nc2nc(N)c(C(=O)c3c(Cl)cccc3Cl)s2)c1. The van der Waals surface area contributed by atoms with Crippen molar-refractivity contribution in [3.63, 3.8) is 0 Å². The number of halogens is 2. The summed E-state index contributed by atoms with van der Waals surface area (Å²) in [6.45, 7) is 4.49. The summed E-state index contributed by atoms with van der Waals surface area (Å²) in [5, 5.41) is 4.37. The Balaban J connectivity index is 1.72. The summed E-state index contributed by atoms with van der Waals surface area (Å²) in [5.74, 6) is 1.64. The van der Waals surface area contributed by atoms with Crippen LogP contribution >= 0.6 is 46.3 Å². The van der Waals surface area contributed by atoms with E-state index in [0.717, 1.165) is 17.4 Å². The molecule has 8 heteroatoms. The fourth-order valence-electron chi connectivity index (χ4n) is 2.85. The van der Waals surface area contributed by atoms with E-state index in [1.54, 1.807) is 18.2 Å². The van der Waals surface area contributed by atoms with Gasteiger partial charge in [-0.25, -0.2) is 4.98 Å². The molecule has 0 amide bonds. The number of nitrogens with zero attached hydrogens (tertiary/aromatic N) is 1. The number of nitrogens with one attached hydrogen (secondary N) is 1. The highest BCUT2D eigenvalue weighted by Crippen LogP contribution is 2.34. The molecule has 3 rings (SSSR count). The minimum atomic E-state index is -0.330. The van der Waals surface area contributed by atoms with Crippen LogP contribution in [0.1, 0.15) is 41.9 Å². The van der Waals surface area contributed by atoms with Crippen LogP contribution in [-0.4, -0.2) is 16.5 Å². The van der Waals surface area contributed by atoms with Crippen LogP contribution in [0.3, 0.4) is 0 Å². The Hall–Kier alpha value is -1.73. The zero-order valence-electron chi connectivity index (χ0n) is 16.7. The number of carbonyl (C=O) groups is 1. The molecule has 4 nitrogen and oxygen atoms in total. The number of ketones is 1. The molecular weight excluding hydrogens is 457 g/mol. The first-order chi connectivity index (χ1) is 14.3. The van der Waals surface area contributed by atoms with Crippen molar-refractivity contribution in [2.45, 2.75) is 31.6 Å². The number of rotatable bonds is 9. The predicted octanol–water partition coefficient (Wildman–Crippen LogP) is 7.54. The average Bonchev–Trinajstić information content (AvgIpc) is 3.05. The van der Waals surface area contributed by atoms with E-state index in [0.29, 0.717) is 10.0 Å². The molecule has 0 saturated carbocycles. The monoisotopic (exact) mass is 479 g/mol. The Morgan fingerprint density at radius 3 is 2.60 bits per heavy atom. The summed E-state index contributed by atoms with van der Waals surface area (Å²) in [6.07, 6.45) is 2.43. The molecule has 0 aliphatic heterocycles. The first kappa shape index (κ1) is 22.9. The highest BCUT2D eigenvalue weighted by molar-refractivity contribution is 7.99. The van der Waals surface area contributed by atoms with E-state index < -0.39 is 0 Å². The Bertz CT molecular complexity index is 1020. The van der Waals surface area contributed by atoms with E-state index in [1.807, 2.05) is 23.9 Å². The fourth-order valence-corrected chi connectivity index (χ4v) is 5.20. The van der Waals surface area contributed by atoms with Gasteiger partial charge in [0.15, 0.2) is 5.13 Å². The van der Waals surface area contributed by atoms with Crippen molar-refractivity contribution in [1.29, 1.82) is 0 Å². The van der Waals surface area contributed by atoms with Gasteiger partial charge >= 0.3 is 0 Å². The molecule has 0 radical (unpaired) electrons. The Kier molecular flexibility index (Phi) is 8.06. The van der Waals surface area contributed by atoms with Crippen molar-refractivity contribution in [2.24, 2.45) is 5.92 Å². The minimum absolute atomic E-state index is 0.155. The lowest BCUT2D eigenvalue weighted by Crippen LogP contribution is -2.04. The van der Waals surface area contributed by atoms with Gasteiger partial charge in [0.05, 0.1) is 15.6 Å². The smallest absolute Gasteiger partial charge is 0.209 e. The maximum Gasteiger partial charge on any atom is 0.209 e. The lowest BCUT2D eigenvalue weighted by atomic mass is 10.1. The Morgan fingerprint density at radius 2 is 1.90 bits per heavy atom. The Morgan fingerprint density at radius 1 is 1.20 bits per heavy atom. The molecule has 0 spiro atoms. The third-order valence-corrected chi connectivity index (χ3v) is 7.02. The number of thioether (sulfide) groups is 1. The lowest BCUT2D eigenvalue weighted by molar-refractivity contribution is 0.104. The van der Waals surface area contributed by atoms with Crippen LogP contribution in [0.2, 0.25) is 10.0 Å². The molecule has 2 aromatic carbocycles. The minimum Gasteiger partial charge on any atom is -0.382 e. The standard InChI is InChI=1S/C22H23Cl2N3OS2/c1-13(2)6-5-11-29-15-8-3-7-14(12-15)26-22-27-21(25)20(30-22)19(28)18-16(23)9-4-10-17(18)24/h3-4,7-10,12-13H,5-6,11,25H2,1-2H3,(H,26,27). The van der Waals surface area contributed by atoms with E-state index >= 15 is 0 Å². The van der Waals surface area contributed by atoms with Gasteiger partial charge in [-0.3, -0.25) is 4.79 Å². The van der Waals surface area contributed by atoms with E-state index in [9.17, 15) is 4.79 Å². The van der Waals surface area contributed by atoms with Crippen LogP contribution in [-0.2, 0) is 0 Å². The van der Waals surface area contributed by atoms with Gasteiger partial charge in [-0.1, -0.05) is 66.9 Å². The highest BCUT2D eigenvalue weighted by atomic mass is 35.5. The van der Waals surface area contributed by atoms with Gasteiger partial charge in [0.1, 0.15) is 10.7 Å². The van der Waals surface area contributed by atoms with Gasteiger partial charge in [-0.2, -0.15) is 0 Å². The van der Waals surface area contributed by atoms with Crippen LogP contribution < -0.4 is 11.1 Å². The lowest BCUT2D eigenvalue weighted by Gasteiger charge is -2.07. The molecule has 1 aromatic heterocycles. The third kappa shape index (κ3) is 5.91. The predicted molar refractivity (Wildman–Crippen MR) is 131 cm³/mol. The summed E-state index contributed by atoms with van der Waals surface area (Å²) in [6, 6.07) is 13.1. The Labute approximate surface area is 195 Å². The van der Waals surface area contributed by atoms with Crippen molar-refractivity contribution < 1.29 is 4.79 Å². The van der Waals surface area contributed by atoms with E-state index in [4.69, 9.17) is 28.9 Å². The van der Waals surface area contributed by atoms with Gasteiger partial charge < -0.3 is 11.1 Å². The molecule has 3 aromatic rings. The molecule has 0 aliphatic carbocycles. The molecule has 0 aliphatic rings. The second-order valence-corrected chi connectivity index (χ2v) is 10.2. The summed E-state index contributed by atoms with van der Waals surface area (Å²) in [7, 11) is 0. The largest absolute Gasteiger partial charge is 0.382 e. The van der Waals surface area contributed by atoms with Crippen LogP contribution in [0.4, 0.5) is 16.6 Å². The first-order valence-electron chi connectivity index (χ1n) is 9.60.